The lowest BCUT2D eigenvalue weighted by Gasteiger charge is -2.19. The van der Waals surface area contributed by atoms with E-state index in [0.717, 1.165) is 88.6 Å². The van der Waals surface area contributed by atoms with Gasteiger partial charge < -0.3 is 24.5 Å². The Hall–Kier alpha value is -2.56. The molecule has 1 unspecified atom stereocenters. The molecule has 2 atom stereocenters. The molecule has 12 heteroatoms. The van der Waals surface area contributed by atoms with E-state index in [9.17, 15) is 23.8 Å². The van der Waals surface area contributed by atoms with E-state index in [1.807, 2.05) is 12.2 Å². The fourth-order valence-corrected chi connectivity index (χ4v) is 6.79. The molecule has 0 bridgehead atoms. The summed E-state index contributed by atoms with van der Waals surface area (Å²) < 4.78 is 38.9. The summed E-state index contributed by atoms with van der Waals surface area (Å²) >= 11 is 0. The third-order valence-corrected chi connectivity index (χ3v) is 10.5. The number of allylic oxidation sites excluding steroid dienone is 4. The number of hydrogen-bond acceptors (Lipinski definition) is 10. The molecule has 0 aliphatic carbocycles. The van der Waals surface area contributed by atoms with Gasteiger partial charge in [-0.1, -0.05) is 103 Å². The molecule has 0 fully saturated rings. The lowest BCUT2D eigenvalue weighted by Crippen LogP contribution is -2.29. The first kappa shape index (κ1) is 50.5. The first-order chi connectivity index (χ1) is 26.5. The van der Waals surface area contributed by atoms with Gasteiger partial charge in [0, 0.05) is 38.6 Å². The summed E-state index contributed by atoms with van der Waals surface area (Å²) in [6.45, 7) is 7.77. The summed E-state index contributed by atoms with van der Waals surface area (Å²) in [4.78, 5) is 47.0. The molecule has 0 spiro atoms. The van der Waals surface area contributed by atoms with Crippen LogP contribution >= 0.6 is 7.82 Å². The van der Waals surface area contributed by atoms with E-state index < -0.39 is 32.5 Å². The van der Waals surface area contributed by atoms with Crippen molar-refractivity contribution in [1.82, 2.24) is 0 Å². The van der Waals surface area contributed by atoms with E-state index in [1.54, 1.807) is 6.08 Å². The van der Waals surface area contributed by atoms with Crippen molar-refractivity contribution < 1.29 is 46.8 Å². The normalized spacial score (nSPS) is 13.4. The third-order valence-electron chi connectivity index (χ3n) is 9.52. The Morgan fingerprint density at radius 2 is 1.25 bits per heavy atom. The molecule has 1 aromatic heterocycles. The number of carbonyl (C=O) groups excluding carboxylic acids is 3. The highest BCUT2D eigenvalue weighted by Gasteiger charge is 2.26. The maximum atomic E-state index is 12.6. The van der Waals surface area contributed by atoms with Crippen LogP contribution in [-0.2, 0) is 50.3 Å². The molecule has 0 amide bonds. The smallest absolute Gasteiger partial charge is 0.466 e. The van der Waals surface area contributed by atoms with Crippen LogP contribution in [0.2, 0.25) is 0 Å². The van der Waals surface area contributed by atoms with E-state index >= 15 is 0 Å². The molecule has 0 aromatic carbocycles. The summed E-state index contributed by atoms with van der Waals surface area (Å²) in [6.07, 6.45) is 27.2. The number of furan rings is 1. The van der Waals surface area contributed by atoms with Crippen molar-refractivity contribution in [1.29, 1.82) is 0 Å². The van der Waals surface area contributed by atoms with Gasteiger partial charge in [-0.25, -0.2) is 4.57 Å². The Kier molecular flexibility index (Phi) is 29.8. The molecule has 1 aromatic rings. The van der Waals surface area contributed by atoms with Crippen molar-refractivity contribution in [3.8, 4) is 0 Å². The maximum absolute atomic E-state index is 12.6. The molecular weight excluding hydrogens is 721 g/mol. The van der Waals surface area contributed by atoms with Crippen molar-refractivity contribution >= 4 is 25.5 Å². The van der Waals surface area contributed by atoms with Gasteiger partial charge in [0.15, 0.2) is 11.9 Å². The van der Waals surface area contributed by atoms with Crippen molar-refractivity contribution in [2.75, 3.05) is 26.4 Å². The largest absolute Gasteiger partial charge is 0.472 e. The highest BCUT2D eigenvalue weighted by molar-refractivity contribution is 7.47. The highest BCUT2D eigenvalue weighted by Crippen LogP contribution is 2.43. The fourth-order valence-electron chi connectivity index (χ4n) is 6.03. The molecule has 0 saturated carbocycles. The summed E-state index contributed by atoms with van der Waals surface area (Å²) in [5, 5.41) is 0. The molecule has 0 saturated heterocycles. The summed E-state index contributed by atoms with van der Waals surface area (Å²) in [5.41, 5.74) is 7.93. The molecule has 55 heavy (non-hydrogen) atoms. The zero-order chi connectivity index (χ0) is 40.6. The number of nitrogens with two attached hydrogens (primary N) is 1. The average molecular weight is 796 g/mol. The van der Waals surface area contributed by atoms with Crippen molar-refractivity contribution in [2.45, 2.75) is 181 Å². The van der Waals surface area contributed by atoms with Crippen LogP contribution in [0.25, 0.3) is 0 Å². The number of ketones is 1. The van der Waals surface area contributed by atoms with Gasteiger partial charge in [0.2, 0.25) is 0 Å². The zero-order valence-corrected chi connectivity index (χ0v) is 35.5. The van der Waals surface area contributed by atoms with E-state index in [-0.39, 0.29) is 38.4 Å². The van der Waals surface area contributed by atoms with Gasteiger partial charge in [0.05, 0.1) is 13.2 Å². The second kappa shape index (κ2) is 32.5. The monoisotopic (exact) mass is 796 g/mol. The second-order valence-corrected chi connectivity index (χ2v) is 15.9. The van der Waals surface area contributed by atoms with E-state index in [4.69, 9.17) is 28.7 Å². The standard InChI is InChI=1S/C43H74NO10P/c1-5-7-9-10-11-15-21-26-38(45)27-22-16-14-19-25-31-43(47)53-39(35-52-55(48,49)51-33-32-44)34-50-42(46)30-24-18-13-12-17-23-29-41-37(4)36(3)40(54-41)28-20-8-6-2/h11,15,21,26,39H,5-10,12-14,16-20,22-25,27-35,44H2,1-4H3,(H,48,49)/b15-11-,26-21+/t39-/m1/s1. The number of ether oxygens (including phenoxy) is 2. The second-order valence-electron chi connectivity index (χ2n) is 14.5. The Morgan fingerprint density at radius 1 is 0.709 bits per heavy atom. The molecule has 0 aliphatic heterocycles. The molecule has 1 rings (SSSR count). The van der Waals surface area contributed by atoms with Crippen molar-refractivity contribution in [3.05, 3.63) is 47.0 Å². The lowest BCUT2D eigenvalue weighted by atomic mass is 10.0. The number of aryl methyl sites for hydroxylation is 2. The van der Waals surface area contributed by atoms with E-state index in [1.165, 1.54) is 49.7 Å². The number of carbonyl (C=O) groups is 3. The number of phosphoric ester groups is 1. The van der Waals surface area contributed by atoms with Crippen LogP contribution in [0.1, 0.15) is 171 Å². The number of rotatable bonds is 36. The minimum atomic E-state index is -4.42. The molecule has 3 N–H and O–H groups in total. The van der Waals surface area contributed by atoms with Gasteiger partial charge in [-0.15, -0.1) is 0 Å². The van der Waals surface area contributed by atoms with Gasteiger partial charge in [0.1, 0.15) is 18.1 Å². The quantitative estimate of drug-likeness (QED) is 0.0218. The first-order valence-corrected chi connectivity index (χ1v) is 22.6. The molecule has 11 nitrogen and oxygen atoms in total. The highest BCUT2D eigenvalue weighted by atomic mass is 31.2. The van der Waals surface area contributed by atoms with Crippen molar-refractivity contribution in [2.24, 2.45) is 5.73 Å². The zero-order valence-electron chi connectivity index (χ0n) is 34.6. The van der Waals surface area contributed by atoms with Crippen LogP contribution in [0.15, 0.2) is 28.7 Å². The Balaban J connectivity index is 2.33. The molecular formula is C43H74NO10P. The van der Waals surface area contributed by atoms with Crippen LogP contribution < -0.4 is 5.73 Å². The van der Waals surface area contributed by atoms with Gasteiger partial charge in [-0.3, -0.25) is 23.4 Å². The minimum Gasteiger partial charge on any atom is -0.466 e. The summed E-state index contributed by atoms with van der Waals surface area (Å²) in [5.74, 6) is 1.42. The topological polar surface area (TPSA) is 165 Å². The van der Waals surface area contributed by atoms with Crippen LogP contribution in [0, 0.1) is 13.8 Å². The summed E-state index contributed by atoms with van der Waals surface area (Å²) in [7, 11) is -4.42. The van der Waals surface area contributed by atoms with Crippen LogP contribution in [0.5, 0.6) is 0 Å². The minimum absolute atomic E-state index is 0.0263. The molecule has 316 valence electrons. The SMILES string of the molecule is CCCCC/C=C\C=C\C(=O)CCCCCCCC(=O)O[C@H](COC(=O)CCCCCCCCc1oc(CCCCC)c(C)c1C)COP(=O)(O)OCCN. The van der Waals surface area contributed by atoms with Crippen molar-refractivity contribution in [3.63, 3.8) is 0 Å². The third kappa shape index (κ3) is 26.8. The lowest BCUT2D eigenvalue weighted by molar-refractivity contribution is -0.161. The average Bonchev–Trinajstić information content (AvgIpc) is 3.43. The van der Waals surface area contributed by atoms with Crippen LogP contribution in [0.4, 0.5) is 0 Å². The van der Waals surface area contributed by atoms with E-state index in [0.29, 0.717) is 19.3 Å². The predicted octanol–water partition coefficient (Wildman–Crippen LogP) is 10.4. The number of phosphoric acid groups is 1. The fraction of sp³-hybridized carbons (Fsp3) is 0.744. The number of hydrogen-bond donors (Lipinski definition) is 2. The molecule has 1 heterocycles. The van der Waals surface area contributed by atoms with Gasteiger partial charge >= 0.3 is 19.8 Å². The Morgan fingerprint density at radius 3 is 1.87 bits per heavy atom. The van der Waals surface area contributed by atoms with Gasteiger partial charge in [0.25, 0.3) is 0 Å². The van der Waals surface area contributed by atoms with E-state index in [2.05, 4.69) is 33.8 Å². The Labute approximate surface area is 332 Å². The number of esters is 2. The molecule has 0 radical (unpaired) electrons. The van der Waals surface area contributed by atoms with Gasteiger partial charge in [-0.2, -0.15) is 0 Å². The predicted molar refractivity (Wildman–Crippen MR) is 219 cm³/mol. The Bertz CT molecular complexity index is 1290. The first-order valence-electron chi connectivity index (χ1n) is 21.1. The maximum Gasteiger partial charge on any atom is 0.472 e. The van der Waals surface area contributed by atoms with Crippen LogP contribution in [0.3, 0.4) is 0 Å². The summed E-state index contributed by atoms with van der Waals surface area (Å²) in [6, 6.07) is 0. The molecule has 0 aliphatic rings. The van der Waals surface area contributed by atoms with Crippen LogP contribution in [-0.4, -0.2) is 55.1 Å². The number of unbranched alkanes of at least 4 members (excludes halogenated alkanes) is 14. The van der Waals surface area contributed by atoms with Gasteiger partial charge in [-0.05, 0) is 76.0 Å².